The van der Waals surface area contributed by atoms with Crippen LogP contribution in [0.15, 0.2) is 22.7 Å². The predicted octanol–water partition coefficient (Wildman–Crippen LogP) is 3.41. The van der Waals surface area contributed by atoms with Gasteiger partial charge in [0.05, 0.1) is 0 Å². The lowest BCUT2D eigenvalue weighted by atomic mass is 9.97. The maximum Gasteiger partial charge on any atom is 0.227 e. The van der Waals surface area contributed by atoms with E-state index in [-0.39, 0.29) is 11.8 Å². The Hall–Kier alpha value is -1.03. The Labute approximate surface area is 110 Å². The van der Waals surface area contributed by atoms with Crippen molar-refractivity contribution < 1.29 is 4.79 Å². The summed E-state index contributed by atoms with van der Waals surface area (Å²) in [5.74, 6) is 0.763. The van der Waals surface area contributed by atoms with E-state index in [1.807, 2.05) is 12.1 Å². The standard InChI is InChI=1S/C13H17BrN2O/c1-8-3-2-4-10(8)13(17)16-9-5-6-11(14)12(15)7-9/h5-8,10H,2-4,15H2,1H3,(H,16,17). The van der Waals surface area contributed by atoms with Crippen LogP contribution in [0.3, 0.4) is 0 Å². The second-order valence-electron chi connectivity index (χ2n) is 4.74. The zero-order valence-electron chi connectivity index (χ0n) is 9.87. The van der Waals surface area contributed by atoms with Gasteiger partial charge < -0.3 is 11.1 Å². The number of amides is 1. The third kappa shape index (κ3) is 2.80. The van der Waals surface area contributed by atoms with Crippen LogP contribution in [0, 0.1) is 11.8 Å². The van der Waals surface area contributed by atoms with Crippen molar-refractivity contribution in [3.63, 3.8) is 0 Å². The van der Waals surface area contributed by atoms with Crippen LogP contribution in [0.2, 0.25) is 0 Å². The average molecular weight is 297 g/mol. The molecule has 1 aromatic carbocycles. The Morgan fingerprint density at radius 1 is 1.47 bits per heavy atom. The molecule has 92 valence electrons. The molecule has 1 saturated carbocycles. The summed E-state index contributed by atoms with van der Waals surface area (Å²) < 4.78 is 0.852. The summed E-state index contributed by atoms with van der Waals surface area (Å²) in [6.45, 7) is 2.15. The number of hydrogen-bond acceptors (Lipinski definition) is 2. The first-order chi connectivity index (χ1) is 8.08. The van der Waals surface area contributed by atoms with Crippen molar-refractivity contribution in [3.8, 4) is 0 Å². The van der Waals surface area contributed by atoms with Gasteiger partial charge in [-0.05, 0) is 52.9 Å². The molecule has 0 spiro atoms. The van der Waals surface area contributed by atoms with Gasteiger partial charge in [0.2, 0.25) is 5.91 Å². The van der Waals surface area contributed by atoms with Crippen LogP contribution in [-0.2, 0) is 4.79 Å². The van der Waals surface area contributed by atoms with Gasteiger partial charge in [-0.3, -0.25) is 4.79 Å². The molecule has 0 saturated heterocycles. The smallest absolute Gasteiger partial charge is 0.227 e. The minimum absolute atomic E-state index is 0.122. The van der Waals surface area contributed by atoms with Crippen molar-refractivity contribution in [1.82, 2.24) is 0 Å². The molecule has 0 heterocycles. The molecule has 3 N–H and O–H groups in total. The summed E-state index contributed by atoms with van der Waals surface area (Å²) in [6, 6.07) is 5.49. The summed E-state index contributed by atoms with van der Waals surface area (Å²) >= 11 is 3.33. The minimum atomic E-state index is 0.122. The molecule has 4 heteroatoms. The summed E-state index contributed by atoms with van der Waals surface area (Å²) in [7, 11) is 0. The quantitative estimate of drug-likeness (QED) is 0.822. The van der Waals surface area contributed by atoms with Gasteiger partial charge in [0.15, 0.2) is 0 Å². The number of benzene rings is 1. The maximum atomic E-state index is 12.1. The van der Waals surface area contributed by atoms with Gasteiger partial charge in [0.25, 0.3) is 0 Å². The highest BCUT2D eigenvalue weighted by Crippen LogP contribution is 2.32. The molecule has 3 nitrogen and oxygen atoms in total. The fourth-order valence-corrected chi connectivity index (χ4v) is 2.64. The molecular weight excluding hydrogens is 280 g/mol. The first-order valence-electron chi connectivity index (χ1n) is 5.94. The number of nitrogens with two attached hydrogens (primary N) is 1. The van der Waals surface area contributed by atoms with E-state index in [0.29, 0.717) is 11.6 Å². The van der Waals surface area contributed by atoms with Crippen LogP contribution in [0.1, 0.15) is 26.2 Å². The molecule has 2 rings (SSSR count). The van der Waals surface area contributed by atoms with Crippen molar-refractivity contribution >= 4 is 33.2 Å². The van der Waals surface area contributed by atoms with E-state index in [4.69, 9.17) is 5.73 Å². The Morgan fingerprint density at radius 3 is 2.82 bits per heavy atom. The van der Waals surface area contributed by atoms with Gasteiger partial charge in [-0.25, -0.2) is 0 Å². The summed E-state index contributed by atoms with van der Waals surface area (Å²) in [5.41, 5.74) is 7.19. The fourth-order valence-electron chi connectivity index (χ4n) is 2.39. The number of nitrogens with one attached hydrogen (secondary N) is 1. The first kappa shape index (κ1) is 12.4. The molecule has 0 bridgehead atoms. The SMILES string of the molecule is CC1CCCC1C(=O)Nc1ccc(Br)c(N)c1. The first-order valence-corrected chi connectivity index (χ1v) is 6.73. The van der Waals surface area contributed by atoms with Crippen LogP contribution < -0.4 is 11.1 Å². The van der Waals surface area contributed by atoms with E-state index in [1.54, 1.807) is 6.07 Å². The number of carbonyl (C=O) groups excluding carboxylic acids is 1. The largest absolute Gasteiger partial charge is 0.398 e. The second-order valence-corrected chi connectivity index (χ2v) is 5.59. The molecule has 1 fully saturated rings. The van der Waals surface area contributed by atoms with Gasteiger partial charge in [0.1, 0.15) is 0 Å². The van der Waals surface area contributed by atoms with Gasteiger partial charge in [0, 0.05) is 21.8 Å². The molecular formula is C13H17BrN2O. The van der Waals surface area contributed by atoms with E-state index in [2.05, 4.69) is 28.2 Å². The van der Waals surface area contributed by atoms with Crippen LogP contribution in [0.25, 0.3) is 0 Å². The third-order valence-electron chi connectivity index (χ3n) is 3.46. The zero-order valence-corrected chi connectivity index (χ0v) is 11.5. The Balaban J connectivity index is 2.05. The zero-order chi connectivity index (χ0) is 12.4. The summed E-state index contributed by atoms with van der Waals surface area (Å²) in [4.78, 5) is 12.1. The van der Waals surface area contributed by atoms with Crippen molar-refractivity contribution in [2.45, 2.75) is 26.2 Å². The fraction of sp³-hybridized carbons (Fsp3) is 0.462. The molecule has 0 radical (unpaired) electrons. The number of rotatable bonds is 2. The van der Waals surface area contributed by atoms with Crippen molar-refractivity contribution in [3.05, 3.63) is 22.7 Å². The number of halogens is 1. The van der Waals surface area contributed by atoms with E-state index < -0.39 is 0 Å². The number of hydrogen-bond donors (Lipinski definition) is 2. The lowest BCUT2D eigenvalue weighted by molar-refractivity contribution is -0.120. The molecule has 17 heavy (non-hydrogen) atoms. The summed E-state index contributed by atoms with van der Waals surface area (Å²) in [5, 5.41) is 2.94. The van der Waals surface area contributed by atoms with Gasteiger partial charge >= 0.3 is 0 Å². The second kappa shape index (κ2) is 5.08. The van der Waals surface area contributed by atoms with Crippen LogP contribution >= 0.6 is 15.9 Å². The van der Waals surface area contributed by atoms with Gasteiger partial charge in [-0.15, -0.1) is 0 Å². The van der Waals surface area contributed by atoms with E-state index >= 15 is 0 Å². The highest BCUT2D eigenvalue weighted by Gasteiger charge is 2.29. The number of anilines is 2. The lowest BCUT2D eigenvalue weighted by Crippen LogP contribution is -2.24. The molecule has 0 aromatic heterocycles. The Morgan fingerprint density at radius 2 is 2.24 bits per heavy atom. The highest BCUT2D eigenvalue weighted by atomic mass is 79.9. The van der Waals surface area contributed by atoms with E-state index in [9.17, 15) is 4.79 Å². The number of nitrogen functional groups attached to an aromatic ring is 1. The molecule has 1 aromatic rings. The highest BCUT2D eigenvalue weighted by molar-refractivity contribution is 9.10. The monoisotopic (exact) mass is 296 g/mol. The average Bonchev–Trinajstić information content (AvgIpc) is 2.70. The Bertz CT molecular complexity index is 433. The topological polar surface area (TPSA) is 55.1 Å². The predicted molar refractivity (Wildman–Crippen MR) is 73.7 cm³/mol. The molecule has 2 unspecified atom stereocenters. The van der Waals surface area contributed by atoms with E-state index in [0.717, 1.165) is 29.4 Å². The van der Waals surface area contributed by atoms with Crippen LogP contribution in [0.4, 0.5) is 11.4 Å². The van der Waals surface area contributed by atoms with Crippen LogP contribution in [0.5, 0.6) is 0 Å². The van der Waals surface area contributed by atoms with Crippen molar-refractivity contribution in [2.24, 2.45) is 11.8 Å². The molecule has 2 atom stereocenters. The minimum Gasteiger partial charge on any atom is -0.398 e. The molecule has 1 aliphatic carbocycles. The summed E-state index contributed by atoms with van der Waals surface area (Å²) in [6.07, 6.45) is 3.31. The van der Waals surface area contributed by atoms with E-state index in [1.165, 1.54) is 0 Å². The Kier molecular flexibility index (Phi) is 3.72. The normalized spacial score (nSPS) is 23.6. The lowest BCUT2D eigenvalue weighted by Gasteiger charge is -2.15. The maximum absolute atomic E-state index is 12.1. The molecule has 0 aliphatic heterocycles. The third-order valence-corrected chi connectivity index (χ3v) is 4.18. The van der Waals surface area contributed by atoms with Gasteiger partial charge in [-0.2, -0.15) is 0 Å². The number of carbonyl (C=O) groups is 1. The van der Waals surface area contributed by atoms with Crippen molar-refractivity contribution in [1.29, 1.82) is 0 Å². The molecule has 1 amide bonds. The molecule has 1 aliphatic rings. The van der Waals surface area contributed by atoms with Gasteiger partial charge in [-0.1, -0.05) is 13.3 Å². The van der Waals surface area contributed by atoms with Crippen molar-refractivity contribution in [2.75, 3.05) is 11.1 Å². The van der Waals surface area contributed by atoms with Crippen LogP contribution in [-0.4, -0.2) is 5.91 Å².